The van der Waals surface area contributed by atoms with Crippen molar-refractivity contribution in [1.29, 1.82) is 0 Å². The summed E-state index contributed by atoms with van der Waals surface area (Å²) in [6, 6.07) is 8.93. The lowest BCUT2D eigenvalue weighted by Crippen LogP contribution is -2.35. The summed E-state index contributed by atoms with van der Waals surface area (Å²) in [7, 11) is 0. The van der Waals surface area contributed by atoms with Crippen molar-refractivity contribution in [3.63, 3.8) is 0 Å². The second kappa shape index (κ2) is 5.01. The van der Waals surface area contributed by atoms with Gasteiger partial charge in [-0.3, -0.25) is 0 Å². The molecule has 0 radical (unpaired) electrons. The first-order chi connectivity index (χ1) is 9.14. The van der Waals surface area contributed by atoms with Crippen LogP contribution in [0.3, 0.4) is 0 Å². The molecule has 1 N–H and O–H groups in total. The molecule has 2 nitrogen and oxygen atoms in total. The Morgan fingerprint density at radius 2 is 1.95 bits per heavy atom. The molecular formula is C17H23NO. The topological polar surface area (TPSA) is 25.2 Å². The standard InChI is InChI=1S/C17H23NO/c1-17(2)9-7-14(8-10-17)18-11-13-12-19-16-6-4-3-5-15(13)16/h3-6,12,14,18H,7-11H2,1-2H3. The van der Waals surface area contributed by atoms with E-state index in [9.17, 15) is 0 Å². The second-order valence-electron chi connectivity index (χ2n) is 6.58. The van der Waals surface area contributed by atoms with E-state index in [0.29, 0.717) is 11.5 Å². The van der Waals surface area contributed by atoms with Crippen LogP contribution in [-0.4, -0.2) is 6.04 Å². The summed E-state index contributed by atoms with van der Waals surface area (Å²) in [6.07, 6.45) is 7.14. The fourth-order valence-corrected chi connectivity index (χ4v) is 3.03. The Labute approximate surface area is 115 Å². The van der Waals surface area contributed by atoms with Crippen molar-refractivity contribution in [2.24, 2.45) is 5.41 Å². The molecule has 0 amide bonds. The van der Waals surface area contributed by atoms with Gasteiger partial charge in [0.1, 0.15) is 5.58 Å². The van der Waals surface area contributed by atoms with E-state index in [2.05, 4.69) is 31.3 Å². The molecule has 3 rings (SSSR count). The van der Waals surface area contributed by atoms with E-state index >= 15 is 0 Å². The molecule has 0 unspecified atom stereocenters. The average Bonchev–Trinajstić information content (AvgIpc) is 2.81. The highest BCUT2D eigenvalue weighted by molar-refractivity contribution is 5.80. The minimum Gasteiger partial charge on any atom is -0.464 e. The van der Waals surface area contributed by atoms with Crippen molar-refractivity contribution in [3.8, 4) is 0 Å². The molecule has 1 fully saturated rings. The fraction of sp³-hybridized carbons (Fsp3) is 0.529. The first-order valence-electron chi connectivity index (χ1n) is 7.33. The number of hydrogen-bond donors (Lipinski definition) is 1. The second-order valence-corrected chi connectivity index (χ2v) is 6.58. The Morgan fingerprint density at radius 3 is 2.74 bits per heavy atom. The maximum Gasteiger partial charge on any atom is 0.134 e. The van der Waals surface area contributed by atoms with Crippen LogP contribution in [0.2, 0.25) is 0 Å². The van der Waals surface area contributed by atoms with Gasteiger partial charge >= 0.3 is 0 Å². The number of rotatable bonds is 3. The van der Waals surface area contributed by atoms with Crippen molar-refractivity contribution in [2.75, 3.05) is 0 Å². The lowest BCUT2D eigenvalue weighted by Gasteiger charge is -2.34. The van der Waals surface area contributed by atoms with E-state index in [4.69, 9.17) is 4.42 Å². The minimum atomic E-state index is 0.542. The zero-order chi connectivity index (χ0) is 13.3. The van der Waals surface area contributed by atoms with Gasteiger partial charge in [0.2, 0.25) is 0 Å². The van der Waals surface area contributed by atoms with Gasteiger partial charge in [0, 0.05) is 23.5 Å². The van der Waals surface area contributed by atoms with Crippen molar-refractivity contribution in [1.82, 2.24) is 5.32 Å². The first kappa shape index (κ1) is 12.7. The van der Waals surface area contributed by atoms with E-state index in [1.807, 2.05) is 18.4 Å². The van der Waals surface area contributed by atoms with Crippen molar-refractivity contribution in [3.05, 3.63) is 36.1 Å². The fourth-order valence-electron chi connectivity index (χ4n) is 3.03. The highest BCUT2D eigenvalue weighted by Gasteiger charge is 2.26. The van der Waals surface area contributed by atoms with Crippen LogP contribution in [0, 0.1) is 5.41 Å². The molecule has 1 aromatic heterocycles. The van der Waals surface area contributed by atoms with E-state index in [0.717, 1.165) is 12.1 Å². The summed E-state index contributed by atoms with van der Waals surface area (Å²) in [6.45, 7) is 5.68. The SMILES string of the molecule is CC1(C)CCC(NCc2coc3ccccc23)CC1. The summed E-state index contributed by atoms with van der Waals surface area (Å²) < 4.78 is 5.58. The molecule has 0 bridgehead atoms. The predicted molar refractivity (Wildman–Crippen MR) is 79.1 cm³/mol. The van der Waals surface area contributed by atoms with Crippen LogP contribution >= 0.6 is 0 Å². The van der Waals surface area contributed by atoms with E-state index in [1.165, 1.54) is 36.6 Å². The van der Waals surface area contributed by atoms with Gasteiger partial charge in [-0.15, -0.1) is 0 Å². The molecule has 1 aliphatic carbocycles. The van der Waals surface area contributed by atoms with Gasteiger partial charge in [-0.1, -0.05) is 32.0 Å². The molecule has 1 saturated carbocycles. The summed E-state index contributed by atoms with van der Waals surface area (Å²) in [5, 5.41) is 4.94. The largest absolute Gasteiger partial charge is 0.464 e. The highest BCUT2D eigenvalue weighted by atomic mass is 16.3. The van der Waals surface area contributed by atoms with Crippen LogP contribution in [0.1, 0.15) is 45.1 Å². The lowest BCUT2D eigenvalue weighted by molar-refractivity contribution is 0.206. The minimum absolute atomic E-state index is 0.542. The van der Waals surface area contributed by atoms with E-state index in [-0.39, 0.29) is 0 Å². The van der Waals surface area contributed by atoms with Crippen LogP contribution in [0.4, 0.5) is 0 Å². The van der Waals surface area contributed by atoms with Crippen LogP contribution in [0.15, 0.2) is 34.9 Å². The maximum atomic E-state index is 5.58. The maximum absolute atomic E-state index is 5.58. The molecule has 0 aliphatic heterocycles. The third-order valence-electron chi connectivity index (χ3n) is 4.48. The van der Waals surface area contributed by atoms with Crippen molar-refractivity contribution < 1.29 is 4.42 Å². The Morgan fingerprint density at radius 1 is 1.21 bits per heavy atom. The zero-order valence-electron chi connectivity index (χ0n) is 11.9. The first-order valence-corrected chi connectivity index (χ1v) is 7.33. The molecular weight excluding hydrogens is 234 g/mol. The Kier molecular flexibility index (Phi) is 3.36. The van der Waals surface area contributed by atoms with Gasteiger partial charge in [-0.25, -0.2) is 0 Å². The molecule has 102 valence electrons. The van der Waals surface area contributed by atoms with E-state index in [1.54, 1.807) is 0 Å². The number of fused-ring (bicyclic) bond motifs is 1. The summed E-state index contributed by atoms with van der Waals surface area (Å²) in [5.41, 5.74) is 2.81. The van der Waals surface area contributed by atoms with Crippen molar-refractivity contribution in [2.45, 2.75) is 52.1 Å². The Bertz CT molecular complexity index is 545. The molecule has 1 aliphatic rings. The normalized spacial score (nSPS) is 19.9. The van der Waals surface area contributed by atoms with Crippen LogP contribution in [-0.2, 0) is 6.54 Å². The Balaban J connectivity index is 1.61. The third-order valence-corrected chi connectivity index (χ3v) is 4.48. The van der Waals surface area contributed by atoms with Crippen LogP contribution < -0.4 is 5.32 Å². The summed E-state index contributed by atoms with van der Waals surface area (Å²) in [4.78, 5) is 0. The van der Waals surface area contributed by atoms with Gasteiger partial charge < -0.3 is 9.73 Å². The van der Waals surface area contributed by atoms with Crippen LogP contribution in [0.25, 0.3) is 11.0 Å². The average molecular weight is 257 g/mol. The van der Waals surface area contributed by atoms with Gasteiger partial charge in [-0.05, 0) is 37.2 Å². The molecule has 19 heavy (non-hydrogen) atoms. The quantitative estimate of drug-likeness (QED) is 0.876. The van der Waals surface area contributed by atoms with Gasteiger partial charge in [-0.2, -0.15) is 0 Å². The zero-order valence-corrected chi connectivity index (χ0v) is 11.9. The molecule has 0 atom stereocenters. The Hall–Kier alpha value is -1.28. The number of furan rings is 1. The third kappa shape index (κ3) is 2.84. The molecule has 0 saturated heterocycles. The number of benzene rings is 1. The molecule has 2 aromatic rings. The molecule has 1 aromatic carbocycles. The number of hydrogen-bond acceptors (Lipinski definition) is 2. The van der Waals surface area contributed by atoms with Crippen LogP contribution in [0.5, 0.6) is 0 Å². The van der Waals surface area contributed by atoms with Gasteiger partial charge in [0.25, 0.3) is 0 Å². The van der Waals surface area contributed by atoms with E-state index < -0.39 is 0 Å². The summed E-state index contributed by atoms with van der Waals surface area (Å²) in [5.74, 6) is 0. The predicted octanol–water partition coefficient (Wildman–Crippen LogP) is 4.49. The van der Waals surface area contributed by atoms with Gasteiger partial charge in [0.15, 0.2) is 0 Å². The number of para-hydroxylation sites is 1. The molecule has 0 spiro atoms. The summed E-state index contributed by atoms with van der Waals surface area (Å²) >= 11 is 0. The van der Waals surface area contributed by atoms with Crippen molar-refractivity contribution >= 4 is 11.0 Å². The monoisotopic (exact) mass is 257 g/mol. The smallest absolute Gasteiger partial charge is 0.134 e. The number of nitrogens with one attached hydrogen (secondary N) is 1. The molecule has 1 heterocycles. The highest BCUT2D eigenvalue weighted by Crippen LogP contribution is 2.35. The molecule has 2 heteroatoms. The lowest BCUT2D eigenvalue weighted by atomic mass is 9.75. The van der Waals surface area contributed by atoms with Gasteiger partial charge in [0.05, 0.1) is 6.26 Å².